The molecule has 0 aliphatic rings. The fourth-order valence-corrected chi connectivity index (χ4v) is 1.90. The standard InChI is InChI=1S/C13H22O4/c1-4-9(5-2)11(14)8-12(15)10(6-3)7-13(16)17/h9-10H,4-8H2,1-3H3,(H,16,17). The first-order chi connectivity index (χ1) is 7.96. The second-order valence-corrected chi connectivity index (χ2v) is 4.33. The van der Waals surface area contributed by atoms with E-state index in [1.54, 1.807) is 6.92 Å². The Morgan fingerprint density at radius 3 is 1.65 bits per heavy atom. The number of hydrogen-bond donors (Lipinski definition) is 1. The Balaban J connectivity index is 4.40. The van der Waals surface area contributed by atoms with Crippen LogP contribution in [-0.2, 0) is 14.4 Å². The molecule has 0 aromatic heterocycles. The molecular formula is C13H22O4. The molecule has 0 saturated heterocycles. The van der Waals surface area contributed by atoms with E-state index < -0.39 is 11.9 Å². The van der Waals surface area contributed by atoms with E-state index in [2.05, 4.69) is 0 Å². The SMILES string of the molecule is CCC(CC)C(=O)CC(=O)C(CC)CC(=O)O. The molecule has 0 fully saturated rings. The Hall–Kier alpha value is -1.19. The molecule has 98 valence electrons. The summed E-state index contributed by atoms with van der Waals surface area (Å²) in [6.45, 7) is 5.61. The van der Waals surface area contributed by atoms with Gasteiger partial charge < -0.3 is 5.11 Å². The molecular weight excluding hydrogens is 220 g/mol. The molecule has 0 spiro atoms. The van der Waals surface area contributed by atoms with Crippen molar-refractivity contribution in [2.45, 2.75) is 52.9 Å². The molecule has 1 unspecified atom stereocenters. The van der Waals surface area contributed by atoms with Crippen molar-refractivity contribution >= 4 is 17.5 Å². The van der Waals surface area contributed by atoms with Gasteiger partial charge in [0, 0.05) is 11.8 Å². The second-order valence-electron chi connectivity index (χ2n) is 4.33. The lowest BCUT2D eigenvalue weighted by Gasteiger charge is -2.14. The van der Waals surface area contributed by atoms with Crippen molar-refractivity contribution in [1.82, 2.24) is 0 Å². The molecule has 0 aliphatic carbocycles. The average Bonchev–Trinajstić information content (AvgIpc) is 2.26. The molecule has 4 nitrogen and oxygen atoms in total. The van der Waals surface area contributed by atoms with Gasteiger partial charge in [0.1, 0.15) is 11.6 Å². The fourth-order valence-electron chi connectivity index (χ4n) is 1.90. The van der Waals surface area contributed by atoms with Gasteiger partial charge in [-0.3, -0.25) is 14.4 Å². The van der Waals surface area contributed by atoms with Crippen LogP contribution in [0.25, 0.3) is 0 Å². The number of carboxylic acid groups (broad SMARTS) is 1. The molecule has 0 heterocycles. The average molecular weight is 242 g/mol. The van der Waals surface area contributed by atoms with Crippen LogP contribution in [0.2, 0.25) is 0 Å². The van der Waals surface area contributed by atoms with Crippen molar-refractivity contribution < 1.29 is 19.5 Å². The fraction of sp³-hybridized carbons (Fsp3) is 0.769. The zero-order valence-electron chi connectivity index (χ0n) is 10.9. The van der Waals surface area contributed by atoms with Crippen LogP contribution in [0, 0.1) is 11.8 Å². The second kappa shape index (κ2) is 7.98. The van der Waals surface area contributed by atoms with E-state index in [9.17, 15) is 14.4 Å². The first kappa shape index (κ1) is 15.8. The van der Waals surface area contributed by atoms with Crippen molar-refractivity contribution in [3.8, 4) is 0 Å². The maximum absolute atomic E-state index is 11.8. The summed E-state index contributed by atoms with van der Waals surface area (Å²) in [6.07, 6.45) is 1.65. The third-order valence-corrected chi connectivity index (χ3v) is 3.16. The molecule has 1 atom stereocenters. The highest BCUT2D eigenvalue weighted by atomic mass is 16.4. The molecule has 0 aliphatic heterocycles. The smallest absolute Gasteiger partial charge is 0.304 e. The number of carbonyl (C=O) groups excluding carboxylic acids is 2. The quantitative estimate of drug-likeness (QED) is 0.630. The molecule has 0 aromatic rings. The molecule has 0 bridgehead atoms. The van der Waals surface area contributed by atoms with E-state index in [1.807, 2.05) is 13.8 Å². The first-order valence-corrected chi connectivity index (χ1v) is 6.23. The largest absolute Gasteiger partial charge is 0.481 e. The highest BCUT2D eigenvalue weighted by Crippen LogP contribution is 2.16. The van der Waals surface area contributed by atoms with Crippen LogP contribution in [0.5, 0.6) is 0 Å². The zero-order valence-corrected chi connectivity index (χ0v) is 10.9. The number of hydrogen-bond acceptors (Lipinski definition) is 3. The molecule has 4 heteroatoms. The minimum absolute atomic E-state index is 0.0520. The minimum Gasteiger partial charge on any atom is -0.481 e. The van der Waals surface area contributed by atoms with Crippen LogP contribution < -0.4 is 0 Å². The van der Waals surface area contributed by atoms with E-state index in [0.29, 0.717) is 6.42 Å². The lowest BCUT2D eigenvalue weighted by molar-refractivity contribution is -0.142. The van der Waals surface area contributed by atoms with Gasteiger partial charge in [-0.25, -0.2) is 0 Å². The molecule has 1 N–H and O–H groups in total. The zero-order chi connectivity index (χ0) is 13.4. The Labute approximate surface area is 102 Å². The van der Waals surface area contributed by atoms with Crippen molar-refractivity contribution in [3.63, 3.8) is 0 Å². The van der Waals surface area contributed by atoms with Crippen molar-refractivity contribution in [2.24, 2.45) is 11.8 Å². The van der Waals surface area contributed by atoms with Gasteiger partial charge in [0.2, 0.25) is 0 Å². The van der Waals surface area contributed by atoms with Gasteiger partial charge in [-0.1, -0.05) is 20.8 Å². The van der Waals surface area contributed by atoms with Gasteiger partial charge >= 0.3 is 5.97 Å². The van der Waals surface area contributed by atoms with Crippen LogP contribution in [0.4, 0.5) is 0 Å². The summed E-state index contributed by atoms with van der Waals surface area (Å²) in [4.78, 5) is 34.1. The van der Waals surface area contributed by atoms with Crippen LogP contribution >= 0.6 is 0 Å². The van der Waals surface area contributed by atoms with Gasteiger partial charge in [0.25, 0.3) is 0 Å². The topological polar surface area (TPSA) is 71.4 Å². The lowest BCUT2D eigenvalue weighted by atomic mass is 9.89. The van der Waals surface area contributed by atoms with Crippen LogP contribution in [0.3, 0.4) is 0 Å². The molecule has 0 rings (SSSR count). The summed E-state index contributed by atoms with van der Waals surface area (Å²) in [5.74, 6) is -1.86. The highest BCUT2D eigenvalue weighted by molar-refractivity contribution is 6.01. The van der Waals surface area contributed by atoms with Gasteiger partial charge in [0.05, 0.1) is 12.8 Å². The Morgan fingerprint density at radius 1 is 0.882 bits per heavy atom. The molecule has 0 radical (unpaired) electrons. The van der Waals surface area contributed by atoms with Crippen LogP contribution in [0.15, 0.2) is 0 Å². The molecule has 0 amide bonds. The van der Waals surface area contributed by atoms with E-state index in [0.717, 1.165) is 12.8 Å². The summed E-state index contributed by atoms with van der Waals surface area (Å²) in [5.41, 5.74) is 0. The predicted molar refractivity (Wildman–Crippen MR) is 64.7 cm³/mol. The summed E-state index contributed by atoms with van der Waals surface area (Å²) < 4.78 is 0. The number of Topliss-reactive ketones (excluding diaryl/α,β-unsaturated/α-hetero) is 2. The maximum Gasteiger partial charge on any atom is 0.304 e. The lowest BCUT2D eigenvalue weighted by Crippen LogP contribution is -2.23. The number of rotatable bonds is 9. The first-order valence-electron chi connectivity index (χ1n) is 6.23. The molecule has 0 saturated carbocycles. The summed E-state index contributed by atoms with van der Waals surface area (Å²) in [5, 5.41) is 8.66. The summed E-state index contributed by atoms with van der Waals surface area (Å²) >= 11 is 0. The van der Waals surface area contributed by atoms with Crippen molar-refractivity contribution in [2.75, 3.05) is 0 Å². The third kappa shape index (κ3) is 5.61. The molecule has 0 aromatic carbocycles. The van der Waals surface area contributed by atoms with Crippen molar-refractivity contribution in [1.29, 1.82) is 0 Å². The van der Waals surface area contributed by atoms with Gasteiger partial charge in [-0.15, -0.1) is 0 Å². The molecule has 17 heavy (non-hydrogen) atoms. The number of carboxylic acids is 1. The predicted octanol–water partition coefficient (Wildman–Crippen LogP) is 2.45. The minimum atomic E-state index is -0.986. The van der Waals surface area contributed by atoms with Crippen LogP contribution in [-0.4, -0.2) is 22.6 Å². The third-order valence-electron chi connectivity index (χ3n) is 3.16. The normalized spacial score (nSPS) is 12.5. The maximum atomic E-state index is 11.8. The van der Waals surface area contributed by atoms with Gasteiger partial charge in [-0.05, 0) is 19.3 Å². The number of ketones is 2. The Kier molecular flexibility index (Phi) is 7.42. The number of aliphatic carboxylic acids is 1. The Morgan fingerprint density at radius 2 is 1.29 bits per heavy atom. The van der Waals surface area contributed by atoms with E-state index >= 15 is 0 Å². The summed E-state index contributed by atoms with van der Waals surface area (Å²) in [7, 11) is 0. The van der Waals surface area contributed by atoms with Gasteiger partial charge in [0.15, 0.2) is 0 Å². The highest BCUT2D eigenvalue weighted by Gasteiger charge is 2.24. The Bertz CT molecular complexity index is 279. The van der Waals surface area contributed by atoms with Crippen molar-refractivity contribution in [3.05, 3.63) is 0 Å². The monoisotopic (exact) mass is 242 g/mol. The van der Waals surface area contributed by atoms with E-state index in [4.69, 9.17) is 5.11 Å². The van der Waals surface area contributed by atoms with Gasteiger partial charge in [-0.2, -0.15) is 0 Å². The summed E-state index contributed by atoms with van der Waals surface area (Å²) in [6, 6.07) is 0. The van der Waals surface area contributed by atoms with Crippen LogP contribution in [0.1, 0.15) is 52.9 Å². The number of carbonyl (C=O) groups is 3. The van der Waals surface area contributed by atoms with E-state index in [1.165, 1.54) is 0 Å². The van der Waals surface area contributed by atoms with E-state index in [-0.39, 0.29) is 30.3 Å².